The van der Waals surface area contributed by atoms with E-state index in [2.05, 4.69) is 5.32 Å². The van der Waals surface area contributed by atoms with Crippen molar-refractivity contribution in [3.8, 4) is 11.8 Å². The molecule has 0 radical (unpaired) electrons. The molecule has 128 valence electrons. The Morgan fingerprint density at radius 2 is 1.80 bits per heavy atom. The van der Waals surface area contributed by atoms with E-state index in [1.165, 1.54) is 6.92 Å². The highest BCUT2D eigenvalue weighted by Crippen LogP contribution is 2.13. The van der Waals surface area contributed by atoms with Gasteiger partial charge in [0.15, 0.2) is 12.7 Å². The van der Waals surface area contributed by atoms with Crippen molar-refractivity contribution in [2.45, 2.75) is 19.6 Å². The first-order valence-corrected chi connectivity index (χ1v) is 7.72. The highest BCUT2D eigenvalue weighted by Gasteiger charge is 2.17. The summed E-state index contributed by atoms with van der Waals surface area (Å²) >= 11 is 0. The summed E-state index contributed by atoms with van der Waals surface area (Å²) in [6.07, 6.45) is -0.866. The number of hydrogen-bond acceptors (Lipinski definition) is 5. The molecule has 25 heavy (non-hydrogen) atoms. The average molecular weight is 338 g/mol. The molecule has 0 aliphatic rings. The van der Waals surface area contributed by atoms with Crippen molar-refractivity contribution in [1.29, 1.82) is 5.26 Å². The molecule has 0 saturated carbocycles. The Morgan fingerprint density at radius 1 is 1.12 bits per heavy atom. The summed E-state index contributed by atoms with van der Waals surface area (Å²) in [6, 6.07) is 17.8. The summed E-state index contributed by atoms with van der Waals surface area (Å²) in [5.74, 6) is -0.584. The quantitative estimate of drug-likeness (QED) is 0.782. The van der Waals surface area contributed by atoms with Crippen molar-refractivity contribution < 1.29 is 19.1 Å². The minimum absolute atomic E-state index is 0.368. The molecule has 0 fully saturated rings. The van der Waals surface area contributed by atoms with Gasteiger partial charge >= 0.3 is 5.97 Å². The third kappa shape index (κ3) is 5.99. The van der Waals surface area contributed by atoms with Crippen molar-refractivity contribution >= 4 is 11.9 Å². The molecule has 1 atom stereocenters. The second-order valence-electron chi connectivity index (χ2n) is 5.27. The van der Waals surface area contributed by atoms with E-state index in [-0.39, 0.29) is 12.5 Å². The fourth-order valence-corrected chi connectivity index (χ4v) is 1.96. The third-order valence-electron chi connectivity index (χ3n) is 3.31. The minimum Gasteiger partial charge on any atom is -0.479 e. The van der Waals surface area contributed by atoms with Crippen LogP contribution >= 0.6 is 0 Å². The number of nitrogens with zero attached hydrogens (tertiary/aromatic N) is 1. The van der Waals surface area contributed by atoms with Gasteiger partial charge in [-0.15, -0.1) is 0 Å². The fourth-order valence-electron chi connectivity index (χ4n) is 1.96. The van der Waals surface area contributed by atoms with Gasteiger partial charge in [0.05, 0.1) is 11.6 Å². The Bertz CT molecular complexity index is 751. The van der Waals surface area contributed by atoms with Crippen LogP contribution in [0.2, 0.25) is 0 Å². The SMILES string of the molecule is C[C@H](Oc1ccc(C#N)cc1)C(=O)OCC(=O)NCc1ccccc1. The Kier molecular flexibility index (Phi) is 6.55. The molecule has 2 aromatic carbocycles. The molecule has 0 aliphatic heterocycles. The van der Waals surface area contributed by atoms with Gasteiger partial charge in [-0.1, -0.05) is 30.3 Å². The molecule has 0 bridgehead atoms. The number of carbonyl (C=O) groups is 2. The maximum Gasteiger partial charge on any atom is 0.347 e. The van der Waals surface area contributed by atoms with E-state index in [0.717, 1.165) is 5.56 Å². The molecule has 2 aromatic rings. The van der Waals surface area contributed by atoms with Crippen LogP contribution in [-0.2, 0) is 20.9 Å². The number of amides is 1. The first-order chi connectivity index (χ1) is 12.1. The second kappa shape index (κ2) is 9.08. The van der Waals surface area contributed by atoms with Crippen LogP contribution in [0.5, 0.6) is 5.75 Å². The van der Waals surface area contributed by atoms with E-state index in [9.17, 15) is 9.59 Å². The van der Waals surface area contributed by atoms with Crippen molar-refractivity contribution in [3.05, 3.63) is 65.7 Å². The van der Waals surface area contributed by atoms with Gasteiger partial charge in [0.25, 0.3) is 5.91 Å². The van der Waals surface area contributed by atoms with Crippen LogP contribution in [-0.4, -0.2) is 24.6 Å². The smallest absolute Gasteiger partial charge is 0.347 e. The molecule has 0 unspecified atom stereocenters. The fraction of sp³-hybridized carbons (Fsp3) is 0.211. The topological polar surface area (TPSA) is 88.4 Å². The molecule has 0 aromatic heterocycles. The van der Waals surface area contributed by atoms with E-state index in [1.807, 2.05) is 36.4 Å². The van der Waals surface area contributed by atoms with Crippen molar-refractivity contribution in [1.82, 2.24) is 5.32 Å². The second-order valence-corrected chi connectivity index (χ2v) is 5.27. The van der Waals surface area contributed by atoms with Gasteiger partial charge in [-0.05, 0) is 36.8 Å². The predicted molar refractivity (Wildman–Crippen MR) is 90.5 cm³/mol. The highest BCUT2D eigenvalue weighted by atomic mass is 16.6. The van der Waals surface area contributed by atoms with Gasteiger partial charge in [0, 0.05) is 6.54 Å². The molecule has 1 N–H and O–H groups in total. The largest absolute Gasteiger partial charge is 0.479 e. The van der Waals surface area contributed by atoms with Gasteiger partial charge in [-0.25, -0.2) is 4.79 Å². The third-order valence-corrected chi connectivity index (χ3v) is 3.31. The summed E-state index contributed by atoms with van der Waals surface area (Å²) in [5.41, 5.74) is 1.46. The Hall–Kier alpha value is -3.33. The molecule has 0 spiro atoms. The van der Waals surface area contributed by atoms with E-state index >= 15 is 0 Å². The molecule has 0 aliphatic carbocycles. The number of ether oxygens (including phenoxy) is 2. The first kappa shape index (κ1) is 18.0. The molecule has 0 heterocycles. The molecule has 2 rings (SSSR count). The van der Waals surface area contributed by atoms with E-state index in [0.29, 0.717) is 17.9 Å². The molecule has 6 nitrogen and oxygen atoms in total. The van der Waals surface area contributed by atoms with Gasteiger partial charge < -0.3 is 14.8 Å². The predicted octanol–water partition coefficient (Wildman–Crippen LogP) is 2.19. The van der Waals surface area contributed by atoms with Gasteiger partial charge in [0.2, 0.25) is 0 Å². The zero-order valence-corrected chi connectivity index (χ0v) is 13.8. The maximum absolute atomic E-state index is 11.9. The number of carbonyl (C=O) groups excluding carboxylic acids is 2. The zero-order chi connectivity index (χ0) is 18.1. The lowest BCUT2D eigenvalue weighted by Crippen LogP contribution is -2.32. The summed E-state index contributed by atoms with van der Waals surface area (Å²) < 4.78 is 10.4. The highest BCUT2D eigenvalue weighted by molar-refractivity contribution is 5.81. The molecular weight excluding hydrogens is 320 g/mol. The number of hydrogen-bond donors (Lipinski definition) is 1. The van der Waals surface area contributed by atoms with E-state index in [1.54, 1.807) is 24.3 Å². The molecule has 6 heteroatoms. The van der Waals surface area contributed by atoms with Crippen LogP contribution in [0, 0.1) is 11.3 Å². The van der Waals surface area contributed by atoms with Crippen LogP contribution in [0.1, 0.15) is 18.1 Å². The van der Waals surface area contributed by atoms with Crippen molar-refractivity contribution in [3.63, 3.8) is 0 Å². The minimum atomic E-state index is -0.866. The lowest BCUT2D eigenvalue weighted by atomic mass is 10.2. The Morgan fingerprint density at radius 3 is 2.44 bits per heavy atom. The van der Waals surface area contributed by atoms with Crippen molar-refractivity contribution in [2.24, 2.45) is 0 Å². The first-order valence-electron chi connectivity index (χ1n) is 7.72. The standard InChI is InChI=1S/C19H18N2O4/c1-14(25-17-9-7-15(11-20)8-10-17)19(23)24-13-18(22)21-12-16-5-3-2-4-6-16/h2-10,14H,12-13H2,1H3,(H,21,22)/t14-/m0/s1. The lowest BCUT2D eigenvalue weighted by molar-refractivity contribution is -0.154. The Balaban J connectivity index is 1.73. The maximum atomic E-state index is 11.9. The average Bonchev–Trinajstić information content (AvgIpc) is 2.65. The monoisotopic (exact) mass is 338 g/mol. The number of rotatable bonds is 7. The summed E-state index contributed by atoms with van der Waals surface area (Å²) in [5, 5.41) is 11.4. The van der Waals surface area contributed by atoms with Gasteiger partial charge in [-0.2, -0.15) is 5.26 Å². The number of nitriles is 1. The number of benzene rings is 2. The molecule has 1 amide bonds. The van der Waals surface area contributed by atoms with E-state index < -0.39 is 12.1 Å². The normalized spacial score (nSPS) is 11.0. The van der Waals surface area contributed by atoms with E-state index in [4.69, 9.17) is 14.7 Å². The summed E-state index contributed by atoms with van der Waals surface area (Å²) in [6.45, 7) is 1.53. The zero-order valence-electron chi connectivity index (χ0n) is 13.8. The van der Waals surface area contributed by atoms with Crippen LogP contribution in [0.4, 0.5) is 0 Å². The molecule has 0 saturated heterocycles. The summed E-state index contributed by atoms with van der Waals surface area (Å²) in [4.78, 5) is 23.6. The Labute approximate surface area is 146 Å². The summed E-state index contributed by atoms with van der Waals surface area (Å²) in [7, 11) is 0. The van der Waals surface area contributed by atoms with Crippen LogP contribution < -0.4 is 10.1 Å². The molecular formula is C19H18N2O4. The van der Waals surface area contributed by atoms with Crippen LogP contribution in [0.3, 0.4) is 0 Å². The number of nitrogens with one attached hydrogen (secondary N) is 1. The number of esters is 1. The van der Waals surface area contributed by atoms with Crippen LogP contribution in [0.15, 0.2) is 54.6 Å². The van der Waals surface area contributed by atoms with Crippen molar-refractivity contribution in [2.75, 3.05) is 6.61 Å². The van der Waals surface area contributed by atoms with Crippen LogP contribution in [0.25, 0.3) is 0 Å². The van der Waals surface area contributed by atoms with Gasteiger partial charge in [-0.3, -0.25) is 4.79 Å². The van der Waals surface area contributed by atoms with Gasteiger partial charge in [0.1, 0.15) is 5.75 Å². The lowest BCUT2D eigenvalue weighted by Gasteiger charge is -2.14.